The molecule has 1 fully saturated rings. The van der Waals surface area contributed by atoms with Gasteiger partial charge in [-0.1, -0.05) is 12.1 Å². The molecule has 0 saturated carbocycles. The van der Waals surface area contributed by atoms with Gasteiger partial charge in [0.1, 0.15) is 5.82 Å². The minimum absolute atomic E-state index is 0.0749. The number of rotatable bonds is 2. The molecule has 1 amide bonds. The lowest BCUT2D eigenvalue weighted by Gasteiger charge is -2.27. The normalized spacial score (nSPS) is 24.4. The van der Waals surface area contributed by atoms with Crippen molar-refractivity contribution in [2.75, 3.05) is 6.61 Å². The minimum atomic E-state index is -0.481. The van der Waals surface area contributed by atoms with Gasteiger partial charge in [-0.05, 0) is 31.9 Å². The second kappa shape index (κ2) is 5.27. The van der Waals surface area contributed by atoms with E-state index in [4.69, 9.17) is 4.74 Å². The molecule has 0 radical (unpaired) electrons. The summed E-state index contributed by atoms with van der Waals surface area (Å²) < 4.78 is 18.8. The third kappa shape index (κ3) is 3.03. The van der Waals surface area contributed by atoms with Gasteiger partial charge >= 0.3 is 0 Å². The lowest BCUT2D eigenvalue weighted by molar-refractivity contribution is 0.0136. The van der Waals surface area contributed by atoms with Crippen LogP contribution >= 0.6 is 0 Å². The van der Waals surface area contributed by atoms with Gasteiger partial charge in [0.15, 0.2) is 0 Å². The van der Waals surface area contributed by atoms with Gasteiger partial charge in [-0.25, -0.2) is 4.39 Å². The zero-order valence-electron chi connectivity index (χ0n) is 9.78. The maximum Gasteiger partial charge on any atom is 0.254 e. The van der Waals surface area contributed by atoms with Gasteiger partial charge < -0.3 is 10.1 Å². The van der Waals surface area contributed by atoms with Crippen molar-refractivity contribution in [1.82, 2.24) is 5.32 Å². The van der Waals surface area contributed by atoms with E-state index in [0.29, 0.717) is 6.61 Å². The Hall–Kier alpha value is -1.42. The number of ether oxygens (including phenoxy) is 1. The Morgan fingerprint density at radius 3 is 2.94 bits per heavy atom. The van der Waals surface area contributed by atoms with Gasteiger partial charge in [0.05, 0.1) is 11.7 Å². The van der Waals surface area contributed by atoms with E-state index in [1.54, 1.807) is 12.1 Å². The Morgan fingerprint density at radius 2 is 2.24 bits per heavy atom. The molecule has 17 heavy (non-hydrogen) atoms. The fraction of sp³-hybridized carbons (Fsp3) is 0.462. The maximum absolute atomic E-state index is 13.4. The van der Waals surface area contributed by atoms with Crippen molar-refractivity contribution < 1.29 is 13.9 Å². The number of carbonyl (C=O) groups excluding carboxylic acids is 1. The first kappa shape index (κ1) is 12.0. The molecule has 3 nitrogen and oxygen atoms in total. The topological polar surface area (TPSA) is 38.3 Å². The number of hydrogen-bond acceptors (Lipinski definition) is 2. The highest BCUT2D eigenvalue weighted by Crippen LogP contribution is 2.14. The van der Waals surface area contributed by atoms with Crippen molar-refractivity contribution in [3.63, 3.8) is 0 Å². The van der Waals surface area contributed by atoms with E-state index in [9.17, 15) is 9.18 Å². The lowest BCUT2D eigenvalue weighted by atomic mass is 10.0. The fourth-order valence-electron chi connectivity index (χ4n) is 2.04. The van der Waals surface area contributed by atoms with Crippen molar-refractivity contribution in [3.8, 4) is 0 Å². The summed E-state index contributed by atoms with van der Waals surface area (Å²) in [6.45, 7) is 2.62. The highest BCUT2D eigenvalue weighted by molar-refractivity contribution is 5.94. The smallest absolute Gasteiger partial charge is 0.254 e. The van der Waals surface area contributed by atoms with Crippen molar-refractivity contribution in [1.29, 1.82) is 0 Å². The molecule has 4 heteroatoms. The zero-order chi connectivity index (χ0) is 12.3. The lowest BCUT2D eigenvalue weighted by Crippen LogP contribution is -2.41. The van der Waals surface area contributed by atoms with Gasteiger partial charge in [0.2, 0.25) is 0 Å². The highest BCUT2D eigenvalue weighted by atomic mass is 19.1. The molecule has 0 aliphatic carbocycles. The molecule has 0 spiro atoms. The number of carbonyl (C=O) groups is 1. The summed E-state index contributed by atoms with van der Waals surface area (Å²) in [5, 5.41) is 2.85. The molecular weight excluding hydrogens is 221 g/mol. The first-order valence-corrected chi connectivity index (χ1v) is 5.84. The summed E-state index contributed by atoms with van der Waals surface area (Å²) in [4.78, 5) is 11.8. The molecule has 2 rings (SSSR count). The molecule has 1 saturated heterocycles. The van der Waals surface area contributed by atoms with E-state index >= 15 is 0 Å². The Labute approximate surface area is 100.0 Å². The largest absolute Gasteiger partial charge is 0.378 e. The van der Waals surface area contributed by atoms with Gasteiger partial charge in [0, 0.05) is 12.6 Å². The average molecular weight is 237 g/mol. The maximum atomic E-state index is 13.4. The average Bonchev–Trinajstić information content (AvgIpc) is 2.29. The second-order valence-electron chi connectivity index (χ2n) is 4.36. The summed E-state index contributed by atoms with van der Waals surface area (Å²) in [7, 11) is 0. The van der Waals surface area contributed by atoms with Crippen LogP contribution in [0.3, 0.4) is 0 Å². The quantitative estimate of drug-likeness (QED) is 0.855. The predicted octanol–water partition coefficient (Wildman–Crippen LogP) is 2.12. The zero-order valence-corrected chi connectivity index (χ0v) is 9.78. The van der Waals surface area contributed by atoms with Crippen LogP contribution in [0.1, 0.15) is 30.1 Å². The van der Waals surface area contributed by atoms with Crippen LogP contribution in [-0.2, 0) is 4.74 Å². The van der Waals surface area contributed by atoms with Gasteiger partial charge in [-0.15, -0.1) is 0 Å². The third-order valence-electron chi connectivity index (χ3n) is 2.94. The number of hydrogen-bond donors (Lipinski definition) is 1. The standard InChI is InChI=1S/C13H16FNO2/c1-9-8-10(6-7-17-9)15-13(16)11-4-2-3-5-12(11)14/h2-5,9-10H,6-8H2,1H3,(H,15,16). The summed E-state index contributed by atoms with van der Waals surface area (Å²) >= 11 is 0. The molecule has 1 heterocycles. The van der Waals surface area contributed by atoms with E-state index < -0.39 is 5.82 Å². The first-order chi connectivity index (χ1) is 8.16. The van der Waals surface area contributed by atoms with Crippen molar-refractivity contribution in [3.05, 3.63) is 35.6 Å². The van der Waals surface area contributed by atoms with Gasteiger partial charge in [0.25, 0.3) is 5.91 Å². The molecule has 2 unspecified atom stereocenters. The molecule has 1 aliphatic rings. The van der Waals surface area contributed by atoms with E-state index in [2.05, 4.69) is 5.32 Å². The molecule has 2 atom stereocenters. The summed E-state index contributed by atoms with van der Waals surface area (Å²) in [5.41, 5.74) is 0.103. The number of amides is 1. The van der Waals surface area contributed by atoms with E-state index in [0.717, 1.165) is 12.8 Å². The first-order valence-electron chi connectivity index (χ1n) is 5.84. The predicted molar refractivity (Wildman–Crippen MR) is 62.3 cm³/mol. The van der Waals surface area contributed by atoms with E-state index in [1.165, 1.54) is 12.1 Å². The number of halogens is 1. The van der Waals surface area contributed by atoms with Crippen molar-refractivity contribution in [2.45, 2.75) is 31.9 Å². The highest BCUT2D eigenvalue weighted by Gasteiger charge is 2.22. The van der Waals surface area contributed by atoms with Crippen LogP contribution < -0.4 is 5.32 Å². The third-order valence-corrected chi connectivity index (χ3v) is 2.94. The molecule has 1 N–H and O–H groups in total. The Balaban J connectivity index is 1.99. The Bertz CT molecular complexity index is 408. The second-order valence-corrected chi connectivity index (χ2v) is 4.36. The number of benzene rings is 1. The summed E-state index contributed by atoms with van der Waals surface area (Å²) in [6, 6.07) is 6.09. The molecule has 1 aliphatic heterocycles. The number of nitrogens with one attached hydrogen (secondary N) is 1. The van der Waals surface area contributed by atoms with Crippen LogP contribution in [-0.4, -0.2) is 24.7 Å². The van der Waals surface area contributed by atoms with E-state index in [-0.39, 0.29) is 23.6 Å². The fourth-order valence-corrected chi connectivity index (χ4v) is 2.04. The molecule has 1 aromatic carbocycles. The van der Waals surface area contributed by atoms with Crippen LogP contribution in [0, 0.1) is 5.82 Å². The Morgan fingerprint density at radius 1 is 1.47 bits per heavy atom. The molecule has 0 aromatic heterocycles. The molecule has 1 aromatic rings. The SMILES string of the molecule is CC1CC(NC(=O)c2ccccc2F)CCO1. The molecule has 92 valence electrons. The van der Waals surface area contributed by atoms with Crippen LogP contribution in [0.15, 0.2) is 24.3 Å². The van der Waals surface area contributed by atoms with Crippen LogP contribution in [0.4, 0.5) is 4.39 Å². The summed E-state index contributed by atoms with van der Waals surface area (Å²) in [6.07, 6.45) is 1.71. The van der Waals surface area contributed by atoms with Gasteiger partial charge in [-0.2, -0.15) is 0 Å². The van der Waals surface area contributed by atoms with Crippen molar-refractivity contribution in [2.24, 2.45) is 0 Å². The van der Waals surface area contributed by atoms with Crippen LogP contribution in [0.25, 0.3) is 0 Å². The van der Waals surface area contributed by atoms with E-state index in [1.807, 2.05) is 6.92 Å². The van der Waals surface area contributed by atoms with Crippen molar-refractivity contribution >= 4 is 5.91 Å². The van der Waals surface area contributed by atoms with Gasteiger partial charge in [-0.3, -0.25) is 4.79 Å². The molecular formula is C13H16FNO2. The van der Waals surface area contributed by atoms with Crippen LogP contribution in [0.5, 0.6) is 0 Å². The Kier molecular flexibility index (Phi) is 3.74. The van der Waals surface area contributed by atoms with Crippen LogP contribution in [0.2, 0.25) is 0 Å². The molecule has 0 bridgehead atoms. The minimum Gasteiger partial charge on any atom is -0.378 e. The summed E-state index contributed by atoms with van der Waals surface area (Å²) in [5.74, 6) is -0.827. The monoisotopic (exact) mass is 237 g/mol.